The molecule has 2 fully saturated rings. The largest absolute Gasteiger partial charge is 0.507 e. The van der Waals surface area contributed by atoms with Gasteiger partial charge in [-0.3, -0.25) is 19.3 Å². The minimum absolute atomic E-state index is 0.0557. The standard InChI is InChI=1S/C28H27N3O5/c1-17(32)29-21-11-7-20(8-12-21)26(33)24-25(19-5-3-2-4-6-19)31(28(35)27(24)34)22-13-9-18(10-14-22)23-15-16-36-30-23/h7-16,19,25,33H,2-6H2,1H3,(H,29,32). The molecule has 1 aliphatic carbocycles. The Morgan fingerprint density at radius 3 is 2.31 bits per heavy atom. The molecule has 1 aromatic heterocycles. The molecule has 2 aromatic carbocycles. The van der Waals surface area contributed by atoms with Crippen LogP contribution in [0.4, 0.5) is 11.4 Å². The average Bonchev–Trinajstić information content (AvgIpc) is 3.52. The zero-order valence-corrected chi connectivity index (χ0v) is 19.9. The average molecular weight is 486 g/mol. The number of amides is 2. The molecule has 0 bridgehead atoms. The van der Waals surface area contributed by atoms with E-state index in [-0.39, 0.29) is 23.2 Å². The van der Waals surface area contributed by atoms with E-state index in [0.29, 0.717) is 22.6 Å². The highest BCUT2D eigenvalue weighted by Crippen LogP contribution is 2.41. The number of aliphatic hydroxyl groups is 1. The lowest BCUT2D eigenvalue weighted by Crippen LogP contribution is -2.40. The van der Waals surface area contributed by atoms with Crippen molar-refractivity contribution in [1.29, 1.82) is 0 Å². The van der Waals surface area contributed by atoms with Gasteiger partial charge in [-0.05, 0) is 55.2 Å². The van der Waals surface area contributed by atoms with E-state index in [0.717, 1.165) is 37.7 Å². The predicted molar refractivity (Wildman–Crippen MR) is 135 cm³/mol. The summed E-state index contributed by atoms with van der Waals surface area (Å²) in [6, 6.07) is 15.1. The number of nitrogens with one attached hydrogen (secondary N) is 1. The molecule has 0 radical (unpaired) electrons. The minimum Gasteiger partial charge on any atom is -0.507 e. The molecule has 2 amide bonds. The van der Waals surface area contributed by atoms with Gasteiger partial charge in [0.05, 0.1) is 11.6 Å². The highest BCUT2D eigenvalue weighted by molar-refractivity contribution is 6.51. The number of nitrogens with zero attached hydrogens (tertiary/aromatic N) is 2. The summed E-state index contributed by atoms with van der Waals surface area (Å²) in [6.45, 7) is 1.41. The number of carbonyl (C=O) groups excluding carboxylic acids is 3. The fourth-order valence-corrected chi connectivity index (χ4v) is 5.26. The Morgan fingerprint density at radius 1 is 1.00 bits per heavy atom. The van der Waals surface area contributed by atoms with Crippen LogP contribution in [0.25, 0.3) is 17.0 Å². The number of hydrogen-bond donors (Lipinski definition) is 2. The molecule has 5 rings (SSSR count). The molecule has 2 N–H and O–H groups in total. The van der Waals surface area contributed by atoms with E-state index in [1.807, 2.05) is 12.1 Å². The van der Waals surface area contributed by atoms with Gasteiger partial charge in [0.2, 0.25) is 5.91 Å². The van der Waals surface area contributed by atoms with Gasteiger partial charge in [0.15, 0.2) is 0 Å². The van der Waals surface area contributed by atoms with Gasteiger partial charge in [-0.15, -0.1) is 0 Å². The van der Waals surface area contributed by atoms with E-state index in [4.69, 9.17) is 4.52 Å². The third-order valence-electron chi connectivity index (χ3n) is 6.94. The third kappa shape index (κ3) is 4.42. The molecule has 3 aromatic rings. The molecule has 2 heterocycles. The Balaban J connectivity index is 1.55. The highest BCUT2D eigenvalue weighted by atomic mass is 16.5. The quantitative estimate of drug-likeness (QED) is 0.294. The summed E-state index contributed by atoms with van der Waals surface area (Å²) in [6.07, 6.45) is 6.39. The van der Waals surface area contributed by atoms with Crippen molar-refractivity contribution in [1.82, 2.24) is 5.16 Å². The van der Waals surface area contributed by atoms with Crippen LogP contribution in [0.15, 0.2) is 71.0 Å². The first-order chi connectivity index (χ1) is 17.4. The van der Waals surface area contributed by atoms with Crippen LogP contribution in [-0.2, 0) is 14.4 Å². The van der Waals surface area contributed by atoms with Gasteiger partial charge in [0, 0.05) is 35.5 Å². The van der Waals surface area contributed by atoms with Crippen LogP contribution in [-0.4, -0.2) is 33.9 Å². The second kappa shape index (κ2) is 9.81. The lowest BCUT2D eigenvalue weighted by Gasteiger charge is -2.34. The van der Waals surface area contributed by atoms with Crippen LogP contribution in [0.3, 0.4) is 0 Å². The second-order valence-electron chi connectivity index (χ2n) is 9.30. The molecule has 1 saturated heterocycles. The fraction of sp³-hybridized carbons (Fsp3) is 0.286. The normalized spacial score (nSPS) is 20.0. The SMILES string of the molecule is CC(=O)Nc1ccc(C(O)=C2C(=O)C(=O)N(c3ccc(-c4ccon4)cc3)C2C2CCCCC2)cc1. The molecule has 8 nitrogen and oxygen atoms in total. The van der Waals surface area contributed by atoms with E-state index in [9.17, 15) is 19.5 Å². The van der Waals surface area contributed by atoms with E-state index in [2.05, 4.69) is 10.5 Å². The predicted octanol–water partition coefficient (Wildman–Crippen LogP) is 5.13. The lowest BCUT2D eigenvalue weighted by atomic mass is 9.80. The summed E-state index contributed by atoms with van der Waals surface area (Å²) < 4.78 is 4.92. The maximum atomic E-state index is 13.4. The topological polar surface area (TPSA) is 113 Å². The zero-order chi connectivity index (χ0) is 25.2. The molecular weight excluding hydrogens is 458 g/mol. The monoisotopic (exact) mass is 485 g/mol. The zero-order valence-electron chi connectivity index (χ0n) is 19.9. The summed E-state index contributed by atoms with van der Waals surface area (Å²) >= 11 is 0. The van der Waals surface area contributed by atoms with Gasteiger partial charge in [-0.2, -0.15) is 0 Å². The first-order valence-corrected chi connectivity index (χ1v) is 12.1. The summed E-state index contributed by atoms with van der Waals surface area (Å²) in [5, 5.41) is 17.9. The number of benzene rings is 2. The first-order valence-electron chi connectivity index (χ1n) is 12.1. The number of anilines is 2. The maximum Gasteiger partial charge on any atom is 0.299 e. The van der Waals surface area contributed by atoms with Crippen LogP contribution in [0.1, 0.15) is 44.6 Å². The van der Waals surface area contributed by atoms with Crippen LogP contribution in [0, 0.1) is 5.92 Å². The van der Waals surface area contributed by atoms with Crippen LogP contribution in [0.5, 0.6) is 0 Å². The smallest absolute Gasteiger partial charge is 0.299 e. The molecular formula is C28H27N3O5. The number of aliphatic hydroxyl groups excluding tert-OH is 1. The number of rotatable bonds is 5. The van der Waals surface area contributed by atoms with Gasteiger partial charge < -0.3 is 14.9 Å². The van der Waals surface area contributed by atoms with E-state index in [1.54, 1.807) is 47.4 Å². The number of aromatic nitrogens is 1. The number of ketones is 1. The van der Waals surface area contributed by atoms with Crippen molar-refractivity contribution >= 4 is 34.7 Å². The van der Waals surface area contributed by atoms with Gasteiger partial charge in [-0.1, -0.05) is 36.6 Å². The molecule has 1 saturated carbocycles. The Bertz CT molecular complexity index is 1300. The Hall–Kier alpha value is -4.20. The van der Waals surface area contributed by atoms with Crippen molar-refractivity contribution in [2.45, 2.75) is 45.1 Å². The Labute approximate surface area is 208 Å². The van der Waals surface area contributed by atoms with Gasteiger partial charge in [0.25, 0.3) is 11.7 Å². The lowest BCUT2D eigenvalue weighted by molar-refractivity contribution is -0.132. The molecule has 1 atom stereocenters. The molecule has 36 heavy (non-hydrogen) atoms. The molecule has 184 valence electrons. The van der Waals surface area contributed by atoms with E-state index >= 15 is 0 Å². The molecule has 0 spiro atoms. The molecule has 2 aliphatic rings. The highest BCUT2D eigenvalue weighted by Gasteiger charge is 2.49. The Morgan fingerprint density at radius 2 is 1.69 bits per heavy atom. The molecule has 1 aliphatic heterocycles. The van der Waals surface area contributed by atoms with Gasteiger partial charge >= 0.3 is 0 Å². The van der Waals surface area contributed by atoms with Gasteiger partial charge in [0.1, 0.15) is 17.7 Å². The molecule has 1 unspecified atom stereocenters. The number of Topliss-reactive ketones (excluding diaryl/α,β-unsaturated/α-hetero) is 1. The summed E-state index contributed by atoms with van der Waals surface area (Å²) in [5.41, 5.74) is 3.24. The first kappa shape index (κ1) is 23.5. The van der Waals surface area contributed by atoms with Crippen molar-refractivity contribution in [2.75, 3.05) is 10.2 Å². The number of carbonyl (C=O) groups is 3. The summed E-state index contributed by atoms with van der Waals surface area (Å²) in [7, 11) is 0. The fourth-order valence-electron chi connectivity index (χ4n) is 5.26. The molecule has 8 heteroatoms. The summed E-state index contributed by atoms with van der Waals surface area (Å²) in [4.78, 5) is 39.6. The van der Waals surface area contributed by atoms with E-state index in [1.165, 1.54) is 13.2 Å². The van der Waals surface area contributed by atoms with Crippen molar-refractivity contribution in [3.63, 3.8) is 0 Å². The second-order valence-corrected chi connectivity index (χ2v) is 9.30. The van der Waals surface area contributed by atoms with Gasteiger partial charge in [-0.25, -0.2) is 0 Å². The minimum atomic E-state index is -0.686. The van der Waals surface area contributed by atoms with Crippen molar-refractivity contribution in [2.24, 2.45) is 5.92 Å². The number of hydrogen-bond acceptors (Lipinski definition) is 6. The van der Waals surface area contributed by atoms with Crippen molar-refractivity contribution in [3.8, 4) is 11.3 Å². The third-order valence-corrected chi connectivity index (χ3v) is 6.94. The van der Waals surface area contributed by atoms with Crippen LogP contribution in [0.2, 0.25) is 0 Å². The van der Waals surface area contributed by atoms with E-state index < -0.39 is 17.7 Å². The van der Waals surface area contributed by atoms with Crippen molar-refractivity contribution in [3.05, 3.63) is 72.0 Å². The van der Waals surface area contributed by atoms with Crippen molar-refractivity contribution < 1.29 is 24.0 Å². The van der Waals surface area contributed by atoms with Crippen LogP contribution >= 0.6 is 0 Å². The Kier molecular flexibility index (Phi) is 6.41. The van der Waals surface area contributed by atoms with Crippen LogP contribution < -0.4 is 10.2 Å². The summed E-state index contributed by atoms with van der Waals surface area (Å²) in [5.74, 6) is -1.67. The maximum absolute atomic E-state index is 13.4.